The molecule has 2 aliphatic heterocycles. The fourth-order valence-corrected chi connectivity index (χ4v) is 26.3. The fourth-order valence-electron chi connectivity index (χ4n) is 24.6. The third-order valence-electron chi connectivity index (χ3n) is 32.6. The highest BCUT2D eigenvalue weighted by molar-refractivity contribution is 7.99. The lowest BCUT2D eigenvalue weighted by molar-refractivity contribution is -0.253. The van der Waals surface area contributed by atoms with Crippen LogP contribution in [0.5, 0.6) is 0 Å². The van der Waals surface area contributed by atoms with E-state index >= 15 is 0 Å². The lowest BCUT2D eigenvalue weighted by Crippen LogP contribution is -2.69. The van der Waals surface area contributed by atoms with Gasteiger partial charge in [0.2, 0.25) is 15.0 Å². The summed E-state index contributed by atoms with van der Waals surface area (Å²) in [5.41, 5.74) is 12.6. The normalized spacial score (nSPS) is 43.2. The zero-order chi connectivity index (χ0) is 73.7. The van der Waals surface area contributed by atoms with E-state index in [9.17, 15) is 28.2 Å². The lowest BCUT2D eigenvalue weighted by atomic mass is 9.34. The number of fused-ring (bicyclic) bond motifs is 6. The van der Waals surface area contributed by atoms with Gasteiger partial charge in [-0.2, -0.15) is 10.2 Å². The minimum Gasteiger partial charge on any atom is -0.481 e. The molecule has 0 radical (unpaired) electrons. The van der Waals surface area contributed by atoms with E-state index in [1.54, 1.807) is 35.3 Å². The fraction of sp³-hybridized carbons (Fsp3) is 0.875. The summed E-state index contributed by atoms with van der Waals surface area (Å²) in [5, 5.41) is 32.6. The van der Waals surface area contributed by atoms with Gasteiger partial charge in [-0.25, -0.2) is 27.7 Å². The Labute approximate surface area is 605 Å². The zero-order valence-corrected chi connectivity index (χ0v) is 67.1. The SMILES string of the molecule is CCS(=O)(=O)c1ncnn1[C@@H]1C[C@@]23COC[C@](C)([C@@H]2CC[C@H]2C3=CC[C@@]3(C)[C@H](C(=O)O)[C@@](C)([C@H](C)C(C)C)CC[C@]23C)[C@H]1OC[C@](C)(N)C(C)C.CCSc1ncnn1[C@@H]1C[C@@]23COC[C@](C)([C@@H]2CC[C@H]2C3=CC[C@@]3(C)[C@H](C(=O)O)[C@@](C)([C@H](C)C(C)C)CC[C@]23C)[C@H]1OC[C@](C)(N)C(C)C. The van der Waals surface area contributed by atoms with Gasteiger partial charge >= 0.3 is 11.9 Å². The molecule has 4 bridgehead atoms. The maximum absolute atomic E-state index is 13.5. The number of aliphatic carboxylic acids is 2. The highest BCUT2D eigenvalue weighted by atomic mass is 32.2. The number of ether oxygens (including phenoxy) is 4. The van der Waals surface area contributed by atoms with Gasteiger partial charge < -0.3 is 40.6 Å². The number of sulfone groups is 1. The molecule has 0 spiro atoms. The molecule has 12 rings (SSSR count). The molecule has 18 nitrogen and oxygen atoms in total. The Kier molecular flexibility index (Phi) is 20.7. The third-order valence-corrected chi connectivity index (χ3v) is 35.1. The molecule has 6 saturated carbocycles. The van der Waals surface area contributed by atoms with E-state index in [1.807, 2.05) is 6.92 Å². The Bertz CT molecular complexity index is 3550. The smallest absolute Gasteiger partial charge is 0.307 e. The minimum absolute atomic E-state index is 0.0138. The van der Waals surface area contributed by atoms with Gasteiger partial charge in [-0.15, -0.1) is 0 Å². The van der Waals surface area contributed by atoms with Crippen LogP contribution < -0.4 is 11.5 Å². The first-order chi connectivity index (χ1) is 46.4. The van der Waals surface area contributed by atoms with Crippen LogP contribution in [0.25, 0.3) is 0 Å². The molecule has 8 fully saturated rings. The van der Waals surface area contributed by atoms with Crippen molar-refractivity contribution >= 4 is 33.5 Å². The summed E-state index contributed by atoms with van der Waals surface area (Å²) in [4.78, 5) is 36.0. The topological polar surface area (TPSA) is 259 Å². The number of hydrogen-bond donors (Lipinski definition) is 4. The summed E-state index contributed by atoms with van der Waals surface area (Å²) in [6.07, 6.45) is 18.5. The van der Waals surface area contributed by atoms with E-state index in [4.69, 9.17) is 40.5 Å². The van der Waals surface area contributed by atoms with Crippen LogP contribution in [0.1, 0.15) is 241 Å². The maximum Gasteiger partial charge on any atom is 0.307 e. The molecule has 0 unspecified atom stereocenters. The standard InChI is InChI=1S/C40H66N4O6S.C40H66N4O4S/c1-12-51(47,48)34-42-23-43-44(34)29-19-40-22-49-20-36(8,32(29)50-21-39(11,41)25(4)5)30(40)14-13-27-28(40)15-16-38(10)31(33(45)46)35(7,26(6)24(2)3)17-18-37(27,38)9;1-12-49-34-42-23-43-44(34)29-19-40-22-47-20-36(8,32(29)48-21-39(11,41)25(4)5)30(40)14-13-27-28(40)15-16-38(10)31(33(45)46)35(7,26(6)24(2)3)17-18-37(27,38)9/h15,23-27,29-32H,12-14,16-22,41H2,1-11H3,(H,45,46);15,23-27,29-32H,12-14,16-22,41H2,1-11H3,(H,45,46)/t2*26-,27+,29-,30+,31-,32+,35-,36-,37-,38+,39+,40+/m11/s1. The van der Waals surface area contributed by atoms with Crippen molar-refractivity contribution in [2.45, 2.75) is 275 Å². The van der Waals surface area contributed by atoms with Crippen LogP contribution in [0.2, 0.25) is 0 Å². The van der Waals surface area contributed by atoms with E-state index in [-0.39, 0.29) is 96.0 Å². The van der Waals surface area contributed by atoms with Crippen LogP contribution in [0, 0.1) is 125 Å². The molecule has 8 aliphatic carbocycles. The number of carboxylic acid groups (broad SMARTS) is 2. The number of thioether (sulfide) groups is 1. The number of carboxylic acids is 2. The van der Waals surface area contributed by atoms with Crippen molar-refractivity contribution in [3.05, 3.63) is 36.0 Å². The van der Waals surface area contributed by atoms with Crippen LogP contribution in [0.4, 0.5) is 0 Å². The predicted molar refractivity (Wildman–Crippen MR) is 394 cm³/mol. The van der Waals surface area contributed by atoms with E-state index in [1.165, 1.54) is 11.9 Å². The van der Waals surface area contributed by atoms with Crippen molar-refractivity contribution < 1.29 is 47.2 Å². The van der Waals surface area contributed by atoms with Gasteiger partial charge in [0.05, 0.1) is 81.5 Å². The molecule has 2 aromatic heterocycles. The number of carbonyl (C=O) groups is 2. The van der Waals surface area contributed by atoms with Gasteiger partial charge in [-0.3, -0.25) is 9.59 Å². The molecule has 0 aromatic carbocycles. The highest BCUT2D eigenvalue weighted by Crippen LogP contribution is 2.78. The van der Waals surface area contributed by atoms with Crippen molar-refractivity contribution in [1.29, 1.82) is 0 Å². The average molecular weight is 1430 g/mol. The Hall–Kier alpha value is -3.24. The number of allylic oxidation sites excluding steroid dienone is 2. The first kappa shape index (κ1) is 77.8. The zero-order valence-electron chi connectivity index (χ0n) is 65.5. The number of hydrogen-bond acceptors (Lipinski definition) is 15. The summed E-state index contributed by atoms with van der Waals surface area (Å²) in [6.45, 7) is 51.8. The molecule has 24 atom stereocenters. The Morgan fingerprint density at radius 1 is 0.610 bits per heavy atom. The van der Waals surface area contributed by atoms with Crippen LogP contribution in [-0.2, 0) is 38.4 Å². The Morgan fingerprint density at radius 2 is 1.01 bits per heavy atom. The summed E-state index contributed by atoms with van der Waals surface area (Å²) in [6, 6.07) is -0.426. The minimum atomic E-state index is -3.68. The molecule has 2 saturated heterocycles. The molecule has 2 aromatic rings. The number of rotatable bonds is 20. The van der Waals surface area contributed by atoms with Gasteiger partial charge in [-0.1, -0.05) is 174 Å². The summed E-state index contributed by atoms with van der Waals surface area (Å²) >= 11 is 1.74. The van der Waals surface area contributed by atoms with Crippen molar-refractivity contribution in [3.8, 4) is 0 Å². The largest absolute Gasteiger partial charge is 0.481 e. The van der Waals surface area contributed by atoms with E-state index in [0.29, 0.717) is 82.1 Å². The number of aromatic nitrogens is 6. The van der Waals surface area contributed by atoms with Gasteiger partial charge in [-0.05, 0) is 188 Å². The molecule has 6 N–H and O–H groups in total. The number of nitrogens with two attached hydrogens (primary N) is 2. The van der Waals surface area contributed by atoms with Gasteiger partial charge in [0.15, 0.2) is 5.16 Å². The maximum atomic E-state index is 13.5. The van der Waals surface area contributed by atoms with Crippen molar-refractivity contribution in [2.24, 2.45) is 137 Å². The predicted octanol–water partition coefficient (Wildman–Crippen LogP) is 15.2. The second-order valence-corrected chi connectivity index (χ2v) is 41.7. The molecule has 564 valence electrons. The van der Waals surface area contributed by atoms with Crippen LogP contribution in [0.3, 0.4) is 0 Å². The summed E-state index contributed by atoms with van der Waals surface area (Å²) < 4.78 is 58.2. The van der Waals surface area contributed by atoms with Gasteiger partial charge in [0.25, 0.3) is 0 Å². The van der Waals surface area contributed by atoms with E-state index < -0.39 is 67.7 Å². The average Bonchev–Trinajstić information content (AvgIpc) is 1.63. The molecule has 10 aliphatic rings. The second kappa shape index (κ2) is 26.6. The van der Waals surface area contributed by atoms with Crippen LogP contribution in [0.15, 0.2) is 46.3 Å². The molecular formula is C80H132N8O10S2. The lowest BCUT2D eigenvalue weighted by Gasteiger charge is -2.71. The molecule has 4 heterocycles. The number of nitrogens with zero attached hydrogens (tertiary/aromatic N) is 6. The Morgan fingerprint density at radius 3 is 1.39 bits per heavy atom. The van der Waals surface area contributed by atoms with Crippen LogP contribution in [-0.4, -0.2) is 135 Å². The first-order valence-electron chi connectivity index (χ1n) is 38.9. The molecular weight excluding hydrogens is 1300 g/mol. The van der Waals surface area contributed by atoms with Crippen molar-refractivity contribution in [2.75, 3.05) is 51.1 Å². The second-order valence-electron chi connectivity index (χ2n) is 38.3. The highest BCUT2D eigenvalue weighted by Gasteiger charge is 2.75. The monoisotopic (exact) mass is 1430 g/mol. The summed E-state index contributed by atoms with van der Waals surface area (Å²) in [5.74, 6) is 1.69. The van der Waals surface area contributed by atoms with E-state index in [2.05, 4.69) is 165 Å². The molecule has 100 heavy (non-hydrogen) atoms. The quantitative estimate of drug-likeness (QED) is 0.0709. The van der Waals surface area contributed by atoms with Crippen molar-refractivity contribution in [3.63, 3.8) is 0 Å². The Balaban J connectivity index is 0.000000202. The van der Waals surface area contributed by atoms with Crippen molar-refractivity contribution in [1.82, 2.24) is 29.5 Å². The first-order valence-corrected chi connectivity index (χ1v) is 41.5. The van der Waals surface area contributed by atoms with Gasteiger partial charge in [0.1, 0.15) is 12.7 Å². The molecule has 0 amide bonds. The molecule has 20 heteroatoms. The van der Waals surface area contributed by atoms with Gasteiger partial charge in [0, 0.05) is 32.7 Å². The van der Waals surface area contributed by atoms with Crippen LogP contribution >= 0.6 is 11.8 Å². The summed E-state index contributed by atoms with van der Waals surface area (Å²) in [7, 11) is -3.68. The third kappa shape index (κ3) is 11.5. The van der Waals surface area contributed by atoms with E-state index in [0.717, 1.165) is 75.1 Å².